The van der Waals surface area contributed by atoms with Crippen LogP contribution in [0, 0.1) is 0 Å². The summed E-state index contributed by atoms with van der Waals surface area (Å²) in [6, 6.07) is 8.83. The van der Waals surface area contributed by atoms with Crippen LogP contribution in [-0.4, -0.2) is 35.3 Å². The number of benzene rings is 1. The van der Waals surface area contributed by atoms with E-state index in [4.69, 9.17) is 21.1 Å². The van der Waals surface area contributed by atoms with Gasteiger partial charge < -0.3 is 15.2 Å². The van der Waals surface area contributed by atoms with Gasteiger partial charge in [0, 0.05) is 6.54 Å². The molecule has 7 heteroatoms. The van der Waals surface area contributed by atoms with Crippen molar-refractivity contribution in [1.29, 1.82) is 0 Å². The first-order valence-electron chi connectivity index (χ1n) is 8.90. The number of hydrogen-bond acceptors (Lipinski definition) is 6. The molecule has 4 N–H and O–H groups in total. The fourth-order valence-electron chi connectivity index (χ4n) is 2.19. The van der Waals surface area contributed by atoms with E-state index < -0.39 is 23.7 Å². The fourth-order valence-corrected chi connectivity index (χ4v) is 2.19. The summed E-state index contributed by atoms with van der Waals surface area (Å²) < 4.78 is 10.4. The largest absolute Gasteiger partial charge is 0.460 e. The van der Waals surface area contributed by atoms with Gasteiger partial charge in [-0.1, -0.05) is 43.2 Å². The fraction of sp³-hybridized carbons (Fsp3) is 0.579. The molecule has 0 aliphatic carbocycles. The number of nitrogens with two attached hydrogens (primary N) is 2. The lowest BCUT2D eigenvalue weighted by molar-refractivity contribution is -0.146. The Balaban J connectivity index is 2.14. The van der Waals surface area contributed by atoms with Gasteiger partial charge in [-0.15, -0.1) is 0 Å². The number of carbonyl (C=O) groups is 2. The molecule has 0 fully saturated rings. The molecule has 0 radical (unpaired) electrons. The zero-order valence-electron chi connectivity index (χ0n) is 15.9. The van der Waals surface area contributed by atoms with Gasteiger partial charge in [-0.3, -0.25) is 4.79 Å². The standard InChI is InChI=1S/C19H31N3O4/c1-19(2,3)26-18(24)22(21)13-9-5-8-12-16(20)17(23)25-14-15-10-6-4-7-11-15/h4,6-7,10-11,16H,5,8-9,12-14,20-21H2,1-3H3. The maximum Gasteiger partial charge on any atom is 0.424 e. The molecule has 0 bridgehead atoms. The summed E-state index contributed by atoms with van der Waals surface area (Å²) in [7, 11) is 0. The summed E-state index contributed by atoms with van der Waals surface area (Å²) >= 11 is 0. The molecule has 0 saturated heterocycles. The number of unbranched alkanes of at least 4 members (excludes halogenated alkanes) is 2. The van der Waals surface area contributed by atoms with E-state index in [1.165, 1.54) is 0 Å². The molecule has 0 aliphatic rings. The molecular weight excluding hydrogens is 334 g/mol. The van der Waals surface area contributed by atoms with E-state index in [0.29, 0.717) is 19.4 Å². The summed E-state index contributed by atoms with van der Waals surface area (Å²) in [6.45, 7) is 5.99. The molecule has 1 unspecified atom stereocenters. The van der Waals surface area contributed by atoms with Crippen LogP contribution in [0.1, 0.15) is 52.0 Å². The number of hydrazine groups is 1. The van der Waals surface area contributed by atoms with Crippen molar-refractivity contribution in [2.24, 2.45) is 11.6 Å². The average molecular weight is 365 g/mol. The lowest BCUT2D eigenvalue weighted by atomic mass is 10.1. The topological polar surface area (TPSA) is 108 Å². The third-order valence-electron chi connectivity index (χ3n) is 3.57. The minimum Gasteiger partial charge on any atom is -0.460 e. The molecular formula is C19H31N3O4. The molecule has 0 aliphatic heterocycles. The van der Waals surface area contributed by atoms with E-state index in [2.05, 4.69) is 0 Å². The van der Waals surface area contributed by atoms with Crippen molar-refractivity contribution in [3.05, 3.63) is 35.9 Å². The molecule has 7 nitrogen and oxygen atoms in total. The Morgan fingerprint density at radius 1 is 1.12 bits per heavy atom. The van der Waals surface area contributed by atoms with E-state index in [1.54, 1.807) is 20.8 Å². The highest BCUT2D eigenvalue weighted by molar-refractivity contribution is 5.75. The van der Waals surface area contributed by atoms with Crippen LogP contribution in [0.25, 0.3) is 0 Å². The molecule has 1 amide bonds. The lowest BCUT2D eigenvalue weighted by Gasteiger charge is -2.24. The van der Waals surface area contributed by atoms with E-state index in [0.717, 1.165) is 23.4 Å². The highest BCUT2D eigenvalue weighted by atomic mass is 16.6. The second-order valence-corrected chi connectivity index (χ2v) is 7.22. The predicted molar refractivity (Wildman–Crippen MR) is 99.8 cm³/mol. The van der Waals surface area contributed by atoms with Gasteiger partial charge in [0.1, 0.15) is 18.2 Å². The van der Waals surface area contributed by atoms with Crippen LogP contribution in [0.4, 0.5) is 4.79 Å². The Hall–Kier alpha value is -2.12. The number of esters is 1. The highest BCUT2D eigenvalue weighted by Gasteiger charge is 2.20. The number of rotatable bonds is 9. The summed E-state index contributed by atoms with van der Waals surface area (Å²) in [5, 5.41) is 1.07. The molecule has 0 spiro atoms. The molecule has 26 heavy (non-hydrogen) atoms. The van der Waals surface area contributed by atoms with Crippen molar-refractivity contribution < 1.29 is 19.1 Å². The Labute approximate surface area is 155 Å². The smallest absolute Gasteiger partial charge is 0.424 e. The summed E-state index contributed by atoms with van der Waals surface area (Å²) in [4.78, 5) is 23.6. The van der Waals surface area contributed by atoms with Crippen LogP contribution < -0.4 is 11.6 Å². The van der Waals surface area contributed by atoms with Gasteiger partial charge >= 0.3 is 12.1 Å². The second kappa shape index (κ2) is 10.8. The van der Waals surface area contributed by atoms with Crippen molar-refractivity contribution in [3.8, 4) is 0 Å². The normalized spacial score (nSPS) is 12.3. The highest BCUT2D eigenvalue weighted by Crippen LogP contribution is 2.10. The van der Waals surface area contributed by atoms with Crippen LogP contribution in [-0.2, 0) is 20.9 Å². The molecule has 0 heterocycles. The minimum atomic E-state index is -0.640. The molecule has 1 rings (SSSR count). The van der Waals surface area contributed by atoms with E-state index in [9.17, 15) is 9.59 Å². The van der Waals surface area contributed by atoms with Gasteiger partial charge in [-0.25, -0.2) is 15.6 Å². The van der Waals surface area contributed by atoms with Crippen LogP contribution in [0.3, 0.4) is 0 Å². The Morgan fingerprint density at radius 3 is 2.38 bits per heavy atom. The van der Waals surface area contributed by atoms with E-state index >= 15 is 0 Å². The molecule has 1 atom stereocenters. The van der Waals surface area contributed by atoms with Crippen molar-refractivity contribution in [3.63, 3.8) is 0 Å². The first-order chi connectivity index (χ1) is 12.2. The molecule has 146 valence electrons. The minimum absolute atomic E-state index is 0.228. The number of amides is 1. The summed E-state index contributed by atoms with van der Waals surface area (Å²) in [6.07, 6.45) is 2.25. The van der Waals surface area contributed by atoms with E-state index in [-0.39, 0.29) is 6.61 Å². The van der Waals surface area contributed by atoms with Crippen LogP contribution in [0.2, 0.25) is 0 Å². The first-order valence-corrected chi connectivity index (χ1v) is 8.90. The van der Waals surface area contributed by atoms with Gasteiger partial charge in [-0.05, 0) is 39.2 Å². The quantitative estimate of drug-likeness (QED) is 0.229. The van der Waals surface area contributed by atoms with Crippen LogP contribution in [0.15, 0.2) is 30.3 Å². The summed E-state index contributed by atoms with van der Waals surface area (Å²) in [5.74, 6) is 5.27. The predicted octanol–water partition coefficient (Wildman–Crippen LogP) is 2.73. The lowest BCUT2D eigenvalue weighted by Crippen LogP contribution is -2.42. The third kappa shape index (κ3) is 9.39. The van der Waals surface area contributed by atoms with Crippen LogP contribution >= 0.6 is 0 Å². The van der Waals surface area contributed by atoms with Gasteiger partial charge in [0.15, 0.2) is 0 Å². The van der Waals surface area contributed by atoms with Gasteiger partial charge in [-0.2, -0.15) is 0 Å². The first kappa shape index (κ1) is 21.9. The number of hydrogen-bond donors (Lipinski definition) is 2. The average Bonchev–Trinajstić information content (AvgIpc) is 2.58. The molecule has 1 aromatic carbocycles. The maximum absolute atomic E-state index is 11.9. The monoisotopic (exact) mass is 365 g/mol. The van der Waals surface area contributed by atoms with Gasteiger partial charge in [0.05, 0.1) is 0 Å². The van der Waals surface area contributed by atoms with Gasteiger partial charge in [0.25, 0.3) is 0 Å². The zero-order valence-corrected chi connectivity index (χ0v) is 15.9. The Morgan fingerprint density at radius 2 is 1.77 bits per heavy atom. The Kier molecular flexibility index (Phi) is 9.09. The third-order valence-corrected chi connectivity index (χ3v) is 3.57. The molecule has 0 aromatic heterocycles. The SMILES string of the molecule is CC(C)(C)OC(=O)N(N)CCCCCC(N)C(=O)OCc1ccccc1. The molecule has 0 saturated carbocycles. The van der Waals surface area contributed by atoms with Crippen molar-refractivity contribution in [1.82, 2.24) is 5.01 Å². The number of ether oxygens (including phenoxy) is 2. The van der Waals surface area contributed by atoms with Gasteiger partial charge in [0.2, 0.25) is 0 Å². The van der Waals surface area contributed by atoms with E-state index in [1.807, 2.05) is 30.3 Å². The number of carbonyl (C=O) groups excluding carboxylic acids is 2. The maximum atomic E-state index is 11.9. The van der Waals surface area contributed by atoms with Crippen molar-refractivity contribution in [2.75, 3.05) is 6.54 Å². The molecule has 1 aromatic rings. The van der Waals surface area contributed by atoms with Crippen LogP contribution in [0.5, 0.6) is 0 Å². The summed E-state index contributed by atoms with van der Waals surface area (Å²) in [5.41, 5.74) is 6.22. The zero-order chi connectivity index (χ0) is 19.6. The Bertz CT molecular complexity index is 558. The van der Waals surface area contributed by atoms with Crippen molar-refractivity contribution in [2.45, 2.75) is 64.7 Å². The van der Waals surface area contributed by atoms with Crippen molar-refractivity contribution >= 4 is 12.1 Å². The second-order valence-electron chi connectivity index (χ2n) is 7.22. The number of nitrogens with zero attached hydrogens (tertiary/aromatic N) is 1.